The Bertz CT molecular complexity index is 494. The van der Waals surface area contributed by atoms with Crippen molar-refractivity contribution in [2.45, 2.75) is 37.6 Å². The van der Waals surface area contributed by atoms with Crippen molar-refractivity contribution >= 4 is 19.2 Å². The van der Waals surface area contributed by atoms with E-state index in [1.807, 2.05) is 0 Å². The number of fused-ring (bicyclic) bond motifs is 1. The van der Waals surface area contributed by atoms with Crippen LogP contribution in [-0.4, -0.2) is 30.6 Å². The summed E-state index contributed by atoms with van der Waals surface area (Å²) < 4.78 is 0. The number of hydrogen-bond acceptors (Lipinski definition) is 1. The number of benzene rings is 1. The zero-order valence-electron chi connectivity index (χ0n) is 11.0. The summed E-state index contributed by atoms with van der Waals surface area (Å²) in [5.41, 5.74) is 0.333. The Hall–Kier alpha value is -1.35. The summed E-state index contributed by atoms with van der Waals surface area (Å²) >= 11 is 0. The number of amides is 1. The highest BCUT2D eigenvalue weighted by atomic mass is 28.3. The highest BCUT2D eigenvalue weighted by Gasteiger charge is 2.45. The minimum atomic E-state index is -1.66. The molecule has 1 aromatic carbocycles. The van der Waals surface area contributed by atoms with Gasteiger partial charge in [0.05, 0.1) is 6.04 Å². The first-order valence-corrected chi connectivity index (χ1v) is 9.73. The lowest BCUT2D eigenvalue weighted by Gasteiger charge is -2.36. The second-order valence-electron chi connectivity index (χ2n) is 5.82. The van der Waals surface area contributed by atoms with Crippen LogP contribution in [0.1, 0.15) is 12.8 Å². The molecule has 1 saturated heterocycles. The molecular formula is C15H19NOSi. The van der Waals surface area contributed by atoms with Gasteiger partial charge in [0.15, 0.2) is 0 Å². The fraction of sp³-hybridized carbons (Fsp3) is 0.400. The van der Waals surface area contributed by atoms with Crippen LogP contribution < -0.4 is 5.19 Å². The molecule has 0 aliphatic carbocycles. The van der Waals surface area contributed by atoms with Gasteiger partial charge >= 0.3 is 0 Å². The number of hydrogen-bond donors (Lipinski definition) is 0. The van der Waals surface area contributed by atoms with E-state index in [1.54, 1.807) is 0 Å². The molecule has 0 bridgehead atoms. The second-order valence-corrected chi connectivity index (χ2v) is 10.4. The SMILES string of the molecule is C[Si](C)(c1ccccc1)[C@@H]1C=C[C@H]2CCC(=O)N12. The molecule has 0 aromatic heterocycles. The monoisotopic (exact) mass is 257 g/mol. The third-order valence-electron chi connectivity index (χ3n) is 4.37. The van der Waals surface area contributed by atoms with E-state index < -0.39 is 8.07 Å². The van der Waals surface area contributed by atoms with E-state index in [2.05, 4.69) is 60.5 Å². The summed E-state index contributed by atoms with van der Waals surface area (Å²) in [5.74, 6) is 0.339. The van der Waals surface area contributed by atoms with Gasteiger partial charge in [0.1, 0.15) is 8.07 Å². The van der Waals surface area contributed by atoms with Gasteiger partial charge in [-0.1, -0.05) is 60.8 Å². The Morgan fingerprint density at radius 1 is 1.17 bits per heavy atom. The van der Waals surface area contributed by atoms with Gasteiger partial charge < -0.3 is 4.90 Å². The van der Waals surface area contributed by atoms with Crippen LogP contribution in [0.25, 0.3) is 0 Å². The van der Waals surface area contributed by atoms with Crippen LogP contribution in [0.4, 0.5) is 0 Å². The second kappa shape index (κ2) is 4.09. The van der Waals surface area contributed by atoms with Crippen LogP contribution in [-0.2, 0) is 4.79 Å². The van der Waals surface area contributed by atoms with Crippen LogP contribution in [0.15, 0.2) is 42.5 Å². The first kappa shape index (κ1) is 11.7. The molecule has 0 spiro atoms. The van der Waals surface area contributed by atoms with Crippen LogP contribution >= 0.6 is 0 Å². The molecular weight excluding hydrogens is 238 g/mol. The van der Waals surface area contributed by atoms with E-state index in [0.717, 1.165) is 12.8 Å². The van der Waals surface area contributed by atoms with Gasteiger partial charge in [0.25, 0.3) is 0 Å². The van der Waals surface area contributed by atoms with Crippen molar-refractivity contribution in [1.29, 1.82) is 0 Å². The summed E-state index contributed by atoms with van der Waals surface area (Å²) in [6, 6.07) is 11.1. The van der Waals surface area contributed by atoms with E-state index in [9.17, 15) is 4.79 Å². The Balaban J connectivity index is 1.95. The maximum absolute atomic E-state index is 12.1. The highest BCUT2D eigenvalue weighted by molar-refractivity contribution is 6.91. The molecule has 3 heteroatoms. The summed E-state index contributed by atoms with van der Waals surface area (Å²) in [5, 5.41) is 1.43. The molecule has 1 amide bonds. The van der Waals surface area contributed by atoms with Crippen molar-refractivity contribution in [2.24, 2.45) is 0 Å². The quantitative estimate of drug-likeness (QED) is 0.587. The zero-order valence-corrected chi connectivity index (χ0v) is 12.0. The zero-order chi connectivity index (χ0) is 12.8. The van der Waals surface area contributed by atoms with E-state index in [-0.39, 0.29) is 0 Å². The Kier molecular flexibility index (Phi) is 2.66. The molecule has 1 fully saturated rings. The summed E-state index contributed by atoms with van der Waals surface area (Å²) in [6.07, 6.45) is 6.25. The van der Waals surface area contributed by atoms with Gasteiger partial charge in [-0.15, -0.1) is 0 Å². The lowest BCUT2D eigenvalue weighted by atomic mass is 10.2. The van der Waals surface area contributed by atoms with Crippen molar-refractivity contribution in [2.75, 3.05) is 0 Å². The van der Waals surface area contributed by atoms with Gasteiger partial charge in [0, 0.05) is 12.1 Å². The maximum atomic E-state index is 12.1. The summed E-state index contributed by atoms with van der Waals surface area (Å²) in [7, 11) is -1.66. The largest absolute Gasteiger partial charge is 0.332 e. The predicted octanol–water partition coefficient (Wildman–Crippen LogP) is 2.07. The number of rotatable bonds is 2. The lowest BCUT2D eigenvalue weighted by molar-refractivity contribution is -0.128. The molecule has 2 atom stereocenters. The van der Waals surface area contributed by atoms with Crippen molar-refractivity contribution in [3.8, 4) is 0 Å². The van der Waals surface area contributed by atoms with Crippen LogP contribution in [0.2, 0.25) is 13.1 Å². The first-order chi connectivity index (χ1) is 8.60. The molecule has 0 saturated carbocycles. The minimum absolute atomic E-state index is 0.333. The van der Waals surface area contributed by atoms with E-state index in [0.29, 0.717) is 17.6 Å². The molecule has 2 aliphatic rings. The average molecular weight is 257 g/mol. The number of nitrogens with zero attached hydrogens (tertiary/aromatic N) is 1. The number of carbonyl (C=O) groups excluding carboxylic acids is 1. The van der Waals surface area contributed by atoms with Crippen LogP contribution in [0, 0.1) is 0 Å². The molecule has 0 N–H and O–H groups in total. The predicted molar refractivity (Wildman–Crippen MR) is 76.4 cm³/mol. The summed E-state index contributed by atoms with van der Waals surface area (Å²) in [6.45, 7) is 4.73. The van der Waals surface area contributed by atoms with Gasteiger partial charge in [0.2, 0.25) is 5.91 Å². The van der Waals surface area contributed by atoms with Gasteiger partial charge in [-0.25, -0.2) is 0 Å². The van der Waals surface area contributed by atoms with Crippen molar-refractivity contribution < 1.29 is 4.79 Å². The van der Waals surface area contributed by atoms with E-state index >= 15 is 0 Å². The summed E-state index contributed by atoms with van der Waals surface area (Å²) in [4.78, 5) is 14.2. The van der Waals surface area contributed by atoms with E-state index in [1.165, 1.54) is 5.19 Å². The third kappa shape index (κ3) is 1.65. The lowest BCUT2D eigenvalue weighted by Crippen LogP contribution is -2.59. The Labute approximate surface area is 109 Å². The fourth-order valence-corrected chi connectivity index (χ4v) is 6.24. The molecule has 18 heavy (non-hydrogen) atoms. The van der Waals surface area contributed by atoms with Gasteiger partial charge in [-0.2, -0.15) is 0 Å². The molecule has 2 heterocycles. The molecule has 1 aromatic rings. The molecule has 2 nitrogen and oxygen atoms in total. The Morgan fingerprint density at radius 3 is 2.61 bits per heavy atom. The minimum Gasteiger partial charge on any atom is -0.332 e. The van der Waals surface area contributed by atoms with Crippen LogP contribution in [0.3, 0.4) is 0 Å². The fourth-order valence-electron chi connectivity index (χ4n) is 3.23. The maximum Gasteiger partial charge on any atom is 0.223 e. The first-order valence-electron chi connectivity index (χ1n) is 6.66. The van der Waals surface area contributed by atoms with E-state index in [4.69, 9.17) is 0 Å². The molecule has 94 valence electrons. The molecule has 0 radical (unpaired) electrons. The van der Waals surface area contributed by atoms with Gasteiger partial charge in [-0.05, 0) is 6.42 Å². The van der Waals surface area contributed by atoms with Crippen molar-refractivity contribution in [1.82, 2.24) is 4.90 Å². The third-order valence-corrected chi connectivity index (χ3v) is 8.14. The normalized spacial score (nSPS) is 26.8. The van der Waals surface area contributed by atoms with Crippen molar-refractivity contribution in [3.63, 3.8) is 0 Å². The smallest absolute Gasteiger partial charge is 0.223 e. The topological polar surface area (TPSA) is 20.3 Å². The molecule has 3 rings (SSSR count). The van der Waals surface area contributed by atoms with Crippen molar-refractivity contribution in [3.05, 3.63) is 42.5 Å². The highest BCUT2D eigenvalue weighted by Crippen LogP contribution is 2.32. The van der Waals surface area contributed by atoms with Gasteiger partial charge in [-0.3, -0.25) is 4.79 Å². The standard InChI is InChI=1S/C15H19NOSi/c1-18(2,13-6-4-3-5-7-13)15-11-9-12-8-10-14(17)16(12)15/h3-7,9,11-12,15H,8,10H2,1-2H3/t12-,15-/m1/s1. The number of carbonyl (C=O) groups is 1. The van der Waals surface area contributed by atoms with Crippen LogP contribution in [0.5, 0.6) is 0 Å². The Morgan fingerprint density at radius 2 is 1.89 bits per heavy atom. The average Bonchev–Trinajstić information content (AvgIpc) is 2.94. The molecule has 0 unspecified atom stereocenters. The molecule has 2 aliphatic heterocycles.